The summed E-state index contributed by atoms with van der Waals surface area (Å²) in [6.45, 7) is 5.86. The number of nitrogens with two attached hydrogens (primary N) is 1. The smallest absolute Gasteiger partial charge is 0.367 e. The van der Waals surface area contributed by atoms with Gasteiger partial charge in [0, 0.05) is 23.9 Å². The molecular formula is C10H17N4O3PS2. The van der Waals surface area contributed by atoms with Gasteiger partial charge in [-0.15, -0.1) is 0 Å². The normalized spacial score (nSPS) is 12.2. The maximum atomic E-state index is 12.2. The zero-order chi connectivity index (χ0) is 15.2. The molecule has 0 aliphatic rings. The summed E-state index contributed by atoms with van der Waals surface area (Å²) >= 11 is 6.35. The molecule has 0 aliphatic heterocycles. The Kier molecular flexibility index (Phi) is 6.51. The van der Waals surface area contributed by atoms with Gasteiger partial charge in [-0.2, -0.15) is 9.36 Å². The van der Waals surface area contributed by atoms with E-state index < -0.39 is 12.2 Å². The molecular weight excluding hydrogens is 319 g/mol. The van der Waals surface area contributed by atoms with Crippen molar-refractivity contribution in [3.05, 3.63) is 5.82 Å². The molecule has 0 amide bonds. The molecule has 0 atom stereocenters. The molecule has 0 saturated carbocycles. The summed E-state index contributed by atoms with van der Waals surface area (Å²) in [5, 5.41) is 3.96. The van der Waals surface area contributed by atoms with E-state index in [0.717, 1.165) is 11.5 Å². The van der Waals surface area contributed by atoms with Crippen LogP contribution in [0.25, 0.3) is 0 Å². The topological polar surface area (TPSA) is 99.7 Å². The fourth-order valence-electron chi connectivity index (χ4n) is 1.18. The highest BCUT2D eigenvalue weighted by Gasteiger charge is 2.26. The Labute approximate surface area is 126 Å². The van der Waals surface area contributed by atoms with E-state index in [1.54, 1.807) is 6.92 Å². The average Bonchev–Trinajstić information content (AvgIpc) is 2.85. The molecule has 0 aliphatic carbocycles. The molecule has 7 nitrogen and oxygen atoms in total. The lowest BCUT2D eigenvalue weighted by molar-refractivity contribution is -0.126. The van der Waals surface area contributed by atoms with Gasteiger partial charge < -0.3 is 15.1 Å². The van der Waals surface area contributed by atoms with E-state index in [2.05, 4.69) is 14.5 Å². The summed E-state index contributed by atoms with van der Waals surface area (Å²) in [6, 6.07) is 0. The molecule has 0 bridgehead atoms. The van der Waals surface area contributed by atoms with Gasteiger partial charge in [0.25, 0.3) is 0 Å². The third kappa shape index (κ3) is 4.50. The number of hydrogen-bond donors (Lipinski definition) is 1. The summed E-state index contributed by atoms with van der Waals surface area (Å²) in [7, 11) is 0. The van der Waals surface area contributed by atoms with Gasteiger partial charge in [0.2, 0.25) is 11.5 Å². The van der Waals surface area contributed by atoms with Crippen LogP contribution in [-0.4, -0.2) is 40.0 Å². The van der Waals surface area contributed by atoms with Gasteiger partial charge in [0.15, 0.2) is 5.13 Å². The predicted molar refractivity (Wildman–Crippen MR) is 83.9 cm³/mol. The van der Waals surface area contributed by atoms with Crippen LogP contribution in [0, 0.1) is 0 Å². The van der Waals surface area contributed by atoms with Crippen molar-refractivity contribution in [2.75, 3.05) is 24.7 Å². The van der Waals surface area contributed by atoms with Crippen molar-refractivity contribution in [1.29, 1.82) is 0 Å². The molecule has 0 radical (unpaired) electrons. The Morgan fingerprint density at radius 3 is 2.55 bits per heavy atom. The van der Waals surface area contributed by atoms with Crippen molar-refractivity contribution >= 4 is 46.4 Å². The SMILES string of the molecule is CCON=C(C(=O)OP(=S)(CC)CC)c1nsc(N)n1. The summed E-state index contributed by atoms with van der Waals surface area (Å²) in [5.41, 5.74) is 5.41. The Morgan fingerprint density at radius 2 is 2.10 bits per heavy atom. The second kappa shape index (κ2) is 7.66. The molecule has 1 aromatic rings. The van der Waals surface area contributed by atoms with Gasteiger partial charge in [0.05, 0.1) is 0 Å². The van der Waals surface area contributed by atoms with Crippen LogP contribution in [-0.2, 0) is 26.0 Å². The van der Waals surface area contributed by atoms with Crippen LogP contribution in [0.3, 0.4) is 0 Å². The third-order valence-corrected chi connectivity index (χ3v) is 7.09. The lowest BCUT2D eigenvalue weighted by Crippen LogP contribution is -2.20. The standard InChI is InChI=1S/C10H17N4O3PS2/c1-4-16-13-7(8-12-10(11)20-14-8)9(15)17-18(19,5-2)6-3/h4-6H2,1-3H3,(H2,11,12,14). The number of oxime groups is 1. The van der Waals surface area contributed by atoms with Gasteiger partial charge >= 0.3 is 5.97 Å². The van der Waals surface area contributed by atoms with Gasteiger partial charge in [-0.25, -0.2) is 4.79 Å². The molecule has 112 valence electrons. The first-order chi connectivity index (χ1) is 9.45. The monoisotopic (exact) mass is 336 g/mol. The van der Waals surface area contributed by atoms with Crippen molar-refractivity contribution in [3.8, 4) is 0 Å². The van der Waals surface area contributed by atoms with E-state index >= 15 is 0 Å². The van der Waals surface area contributed by atoms with E-state index in [0.29, 0.717) is 18.9 Å². The molecule has 2 N–H and O–H groups in total. The van der Waals surface area contributed by atoms with Crippen LogP contribution in [0.4, 0.5) is 5.13 Å². The molecule has 20 heavy (non-hydrogen) atoms. The molecule has 0 saturated heterocycles. The highest BCUT2D eigenvalue weighted by atomic mass is 32.4. The first-order valence-electron chi connectivity index (χ1n) is 6.07. The number of anilines is 1. The zero-order valence-electron chi connectivity index (χ0n) is 11.5. The summed E-state index contributed by atoms with van der Waals surface area (Å²) in [6.07, 6.45) is -0.925. The maximum absolute atomic E-state index is 12.2. The van der Waals surface area contributed by atoms with Gasteiger partial charge in [0.1, 0.15) is 12.9 Å². The van der Waals surface area contributed by atoms with E-state index in [9.17, 15) is 4.79 Å². The molecule has 0 aromatic carbocycles. The van der Waals surface area contributed by atoms with Crippen LogP contribution in [0.1, 0.15) is 26.6 Å². The summed E-state index contributed by atoms with van der Waals surface area (Å²) in [5.74, 6) is -0.567. The van der Waals surface area contributed by atoms with Crippen LogP contribution in [0.2, 0.25) is 0 Å². The third-order valence-electron chi connectivity index (χ3n) is 2.34. The second-order valence-corrected chi connectivity index (χ2v) is 9.50. The lowest BCUT2D eigenvalue weighted by atomic mass is 10.4. The Balaban J connectivity index is 3.01. The van der Waals surface area contributed by atoms with E-state index in [1.165, 1.54) is 0 Å². The van der Waals surface area contributed by atoms with Crippen molar-refractivity contribution in [3.63, 3.8) is 0 Å². The number of carbonyl (C=O) groups is 1. The minimum Gasteiger partial charge on any atom is -0.432 e. The molecule has 1 heterocycles. The number of nitrogens with zero attached hydrogens (tertiary/aromatic N) is 3. The largest absolute Gasteiger partial charge is 0.432 e. The van der Waals surface area contributed by atoms with E-state index in [-0.39, 0.29) is 16.7 Å². The average molecular weight is 336 g/mol. The number of nitrogen functional groups attached to an aromatic ring is 1. The van der Waals surface area contributed by atoms with Gasteiger partial charge in [-0.3, -0.25) is 0 Å². The van der Waals surface area contributed by atoms with E-state index in [4.69, 9.17) is 26.9 Å². The Morgan fingerprint density at radius 1 is 1.45 bits per heavy atom. The quantitative estimate of drug-likeness (QED) is 0.460. The zero-order valence-corrected chi connectivity index (χ0v) is 14.1. The molecule has 0 fully saturated rings. The first kappa shape index (κ1) is 17.0. The van der Waals surface area contributed by atoms with Crippen LogP contribution < -0.4 is 5.73 Å². The lowest BCUT2D eigenvalue weighted by Gasteiger charge is -2.18. The number of aromatic nitrogens is 2. The first-order valence-corrected chi connectivity index (χ1v) is 9.93. The molecule has 0 spiro atoms. The number of carbonyl (C=O) groups excluding carboxylic acids is 1. The Bertz CT molecular complexity index is 538. The highest BCUT2D eigenvalue weighted by molar-refractivity contribution is 8.12. The van der Waals surface area contributed by atoms with Crippen LogP contribution in [0.5, 0.6) is 0 Å². The van der Waals surface area contributed by atoms with Crippen molar-refractivity contribution < 1.29 is 14.2 Å². The fourth-order valence-corrected chi connectivity index (χ4v) is 2.91. The fraction of sp³-hybridized carbons (Fsp3) is 0.600. The molecule has 10 heteroatoms. The number of hydrogen-bond acceptors (Lipinski definition) is 9. The summed E-state index contributed by atoms with van der Waals surface area (Å²) in [4.78, 5) is 21.0. The molecule has 0 unspecified atom stereocenters. The Hall–Kier alpha value is -1.05. The maximum Gasteiger partial charge on any atom is 0.367 e. The number of rotatable bonds is 7. The molecule has 1 rings (SSSR count). The van der Waals surface area contributed by atoms with E-state index in [1.807, 2.05) is 13.8 Å². The van der Waals surface area contributed by atoms with Crippen LogP contribution >= 0.6 is 17.8 Å². The summed E-state index contributed by atoms with van der Waals surface area (Å²) < 4.78 is 9.36. The van der Waals surface area contributed by atoms with Crippen molar-refractivity contribution in [2.24, 2.45) is 5.16 Å². The van der Waals surface area contributed by atoms with Gasteiger partial charge in [-0.05, 0) is 6.92 Å². The minimum atomic E-state index is -2.17. The second-order valence-electron chi connectivity index (χ2n) is 3.64. The van der Waals surface area contributed by atoms with Crippen molar-refractivity contribution in [1.82, 2.24) is 9.36 Å². The highest BCUT2D eigenvalue weighted by Crippen LogP contribution is 2.46. The van der Waals surface area contributed by atoms with Gasteiger partial charge in [-0.1, -0.05) is 30.8 Å². The van der Waals surface area contributed by atoms with Crippen LogP contribution in [0.15, 0.2) is 5.16 Å². The van der Waals surface area contributed by atoms with Crippen molar-refractivity contribution in [2.45, 2.75) is 20.8 Å². The minimum absolute atomic E-state index is 0.0970. The molecule has 1 aromatic heterocycles. The predicted octanol–water partition coefficient (Wildman–Crippen LogP) is 1.84.